The average molecular weight is 286 g/mol. The minimum Gasteiger partial charge on any atom is -0.481 e. The van der Waals surface area contributed by atoms with Gasteiger partial charge in [0.15, 0.2) is 0 Å². The van der Waals surface area contributed by atoms with Crippen LogP contribution in [0, 0.1) is 0 Å². The fourth-order valence-corrected chi connectivity index (χ4v) is 2.44. The summed E-state index contributed by atoms with van der Waals surface area (Å²) in [4.78, 5) is 24.9. The zero-order chi connectivity index (χ0) is 15.0. The molecule has 1 rings (SSSR count). The van der Waals surface area contributed by atoms with Crippen molar-refractivity contribution in [2.45, 2.75) is 51.6 Å². The maximum Gasteiger partial charge on any atom is 0.305 e. The fourth-order valence-electron chi connectivity index (χ4n) is 2.44. The molecule has 0 radical (unpaired) electrons. The van der Waals surface area contributed by atoms with E-state index in [0.29, 0.717) is 26.3 Å². The molecule has 2 unspecified atom stereocenters. The number of unbranched alkanes of at least 4 members (excludes halogenated alkanes) is 2. The highest BCUT2D eigenvalue weighted by Crippen LogP contribution is 2.14. The summed E-state index contributed by atoms with van der Waals surface area (Å²) >= 11 is 0. The zero-order valence-corrected chi connectivity index (χ0v) is 12.4. The summed E-state index contributed by atoms with van der Waals surface area (Å²) in [6, 6.07) is -0.539. The number of morpholine rings is 1. The Bertz CT molecular complexity index is 322. The molecule has 0 aromatic heterocycles. The number of aliphatic carboxylic acids is 1. The van der Waals surface area contributed by atoms with Gasteiger partial charge in [-0.25, -0.2) is 0 Å². The molecular formula is C14H26N2O4. The van der Waals surface area contributed by atoms with Crippen LogP contribution >= 0.6 is 0 Å². The van der Waals surface area contributed by atoms with Gasteiger partial charge in [0.25, 0.3) is 0 Å². The van der Waals surface area contributed by atoms with Crippen LogP contribution in [-0.4, -0.2) is 60.3 Å². The molecule has 1 aliphatic rings. The highest BCUT2D eigenvalue weighted by molar-refractivity contribution is 5.81. The molecule has 0 bridgehead atoms. The normalized spacial score (nSPS) is 21.4. The summed E-state index contributed by atoms with van der Waals surface area (Å²) in [5, 5.41) is 11.8. The van der Waals surface area contributed by atoms with Gasteiger partial charge in [0.2, 0.25) is 5.91 Å². The Labute approximate surface area is 120 Å². The SMILES string of the molecule is CCCCCNC(=O)C(C)N1CCOCC1CC(=O)O. The van der Waals surface area contributed by atoms with Crippen LogP contribution in [0.15, 0.2) is 0 Å². The van der Waals surface area contributed by atoms with Gasteiger partial charge in [-0.05, 0) is 13.3 Å². The summed E-state index contributed by atoms with van der Waals surface area (Å²) in [6.07, 6.45) is 3.22. The number of ether oxygens (including phenoxy) is 1. The second-order valence-corrected chi connectivity index (χ2v) is 5.24. The van der Waals surface area contributed by atoms with Gasteiger partial charge >= 0.3 is 5.97 Å². The Morgan fingerprint density at radius 1 is 1.45 bits per heavy atom. The van der Waals surface area contributed by atoms with Crippen molar-refractivity contribution in [3.63, 3.8) is 0 Å². The van der Waals surface area contributed by atoms with Crippen molar-refractivity contribution < 1.29 is 19.4 Å². The Balaban J connectivity index is 2.46. The number of amides is 1. The van der Waals surface area contributed by atoms with Gasteiger partial charge in [0.05, 0.1) is 25.7 Å². The number of carboxylic acid groups (broad SMARTS) is 1. The monoisotopic (exact) mass is 286 g/mol. The highest BCUT2D eigenvalue weighted by atomic mass is 16.5. The summed E-state index contributed by atoms with van der Waals surface area (Å²) < 4.78 is 5.32. The van der Waals surface area contributed by atoms with Crippen molar-refractivity contribution >= 4 is 11.9 Å². The van der Waals surface area contributed by atoms with E-state index in [1.165, 1.54) is 0 Å². The Hall–Kier alpha value is -1.14. The molecule has 2 N–H and O–H groups in total. The molecule has 6 heteroatoms. The van der Waals surface area contributed by atoms with Gasteiger partial charge in [-0.3, -0.25) is 14.5 Å². The Morgan fingerprint density at radius 3 is 2.85 bits per heavy atom. The number of nitrogens with zero attached hydrogens (tertiary/aromatic N) is 1. The molecule has 1 aliphatic heterocycles. The number of carboxylic acids is 1. The molecule has 1 amide bonds. The van der Waals surface area contributed by atoms with E-state index >= 15 is 0 Å². The summed E-state index contributed by atoms with van der Waals surface area (Å²) in [5.74, 6) is -0.889. The van der Waals surface area contributed by atoms with Crippen molar-refractivity contribution in [2.75, 3.05) is 26.3 Å². The van der Waals surface area contributed by atoms with Crippen LogP contribution in [0.4, 0.5) is 0 Å². The maximum atomic E-state index is 12.1. The molecule has 1 heterocycles. The molecule has 0 aromatic rings. The number of carbonyl (C=O) groups is 2. The van der Waals surface area contributed by atoms with Gasteiger partial charge in [-0.2, -0.15) is 0 Å². The lowest BCUT2D eigenvalue weighted by Gasteiger charge is -2.38. The van der Waals surface area contributed by atoms with E-state index in [9.17, 15) is 9.59 Å². The van der Waals surface area contributed by atoms with Gasteiger partial charge in [-0.15, -0.1) is 0 Å². The average Bonchev–Trinajstić information content (AvgIpc) is 2.42. The van der Waals surface area contributed by atoms with Gasteiger partial charge in [-0.1, -0.05) is 19.8 Å². The van der Waals surface area contributed by atoms with Gasteiger partial charge in [0.1, 0.15) is 0 Å². The smallest absolute Gasteiger partial charge is 0.305 e. The topological polar surface area (TPSA) is 78.9 Å². The minimum atomic E-state index is -0.860. The van der Waals surface area contributed by atoms with E-state index in [1.807, 2.05) is 11.8 Å². The molecule has 0 aromatic carbocycles. The van der Waals surface area contributed by atoms with Gasteiger partial charge < -0.3 is 15.2 Å². The molecule has 1 saturated heterocycles. The van der Waals surface area contributed by atoms with Crippen LogP contribution in [0.25, 0.3) is 0 Å². The minimum absolute atomic E-state index is 0.00740. The molecule has 0 spiro atoms. The van der Waals surface area contributed by atoms with Crippen molar-refractivity contribution in [2.24, 2.45) is 0 Å². The first-order valence-electron chi connectivity index (χ1n) is 7.39. The molecule has 0 aliphatic carbocycles. The molecular weight excluding hydrogens is 260 g/mol. The van der Waals surface area contributed by atoms with Crippen LogP contribution in [-0.2, 0) is 14.3 Å². The first-order chi connectivity index (χ1) is 9.56. The number of rotatable bonds is 8. The fraction of sp³-hybridized carbons (Fsp3) is 0.857. The van der Waals surface area contributed by atoms with E-state index < -0.39 is 5.97 Å². The third-order valence-electron chi connectivity index (χ3n) is 3.64. The molecule has 2 atom stereocenters. The summed E-state index contributed by atoms with van der Waals surface area (Å²) in [7, 11) is 0. The first kappa shape index (κ1) is 16.9. The van der Waals surface area contributed by atoms with Crippen LogP contribution in [0.3, 0.4) is 0 Å². The molecule has 0 saturated carbocycles. The van der Waals surface area contributed by atoms with Crippen LogP contribution in [0.5, 0.6) is 0 Å². The number of hydrogen-bond acceptors (Lipinski definition) is 4. The highest BCUT2D eigenvalue weighted by Gasteiger charge is 2.31. The van der Waals surface area contributed by atoms with Gasteiger partial charge in [0, 0.05) is 19.1 Å². The second kappa shape index (κ2) is 8.92. The predicted molar refractivity (Wildman–Crippen MR) is 75.6 cm³/mol. The summed E-state index contributed by atoms with van der Waals surface area (Å²) in [5.41, 5.74) is 0. The zero-order valence-electron chi connectivity index (χ0n) is 12.4. The van der Waals surface area contributed by atoms with E-state index in [1.54, 1.807) is 0 Å². The number of carbonyl (C=O) groups excluding carboxylic acids is 1. The molecule has 6 nitrogen and oxygen atoms in total. The Kier molecular flexibility index (Phi) is 7.54. The second-order valence-electron chi connectivity index (χ2n) is 5.24. The molecule has 116 valence electrons. The quantitative estimate of drug-likeness (QED) is 0.647. The van der Waals surface area contributed by atoms with Crippen LogP contribution < -0.4 is 5.32 Å². The predicted octanol–water partition coefficient (Wildman–Crippen LogP) is 0.857. The molecule has 1 fully saturated rings. The number of hydrogen-bond donors (Lipinski definition) is 2. The Morgan fingerprint density at radius 2 is 2.20 bits per heavy atom. The van der Waals surface area contributed by atoms with Crippen molar-refractivity contribution in [3.8, 4) is 0 Å². The van der Waals surface area contributed by atoms with Crippen LogP contribution in [0.2, 0.25) is 0 Å². The van der Waals surface area contributed by atoms with E-state index in [2.05, 4.69) is 12.2 Å². The number of nitrogens with one attached hydrogen (secondary N) is 1. The largest absolute Gasteiger partial charge is 0.481 e. The van der Waals surface area contributed by atoms with E-state index in [4.69, 9.17) is 9.84 Å². The van der Waals surface area contributed by atoms with Crippen molar-refractivity contribution in [1.29, 1.82) is 0 Å². The van der Waals surface area contributed by atoms with Crippen molar-refractivity contribution in [3.05, 3.63) is 0 Å². The van der Waals surface area contributed by atoms with Crippen LogP contribution in [0.1, 0.15) is 39.5 Å². The lowest BCUT2D eigenvalue weighted by molar-refractivity contribution is -0.143. The third kappa shape index (κ3) is 5.46. The summed E-state index contributed by atoms with van der Waals surface area (Å²) in [6.45, 7) is 6.15. The van der Waals surface area contributed by atoms with E-state index in [-0.39, 0.29) is 24.4 Å². The lowest BCUT2D eigenvalue weighted by atomic mass is 10.1. The lowest BCUT2D eigenvalue weighted by Crippen LogP contribution is -2.55. The molecule has 20 heavy (non-hydrogen) atoms. The first-order valence-corrected chi connectivity index (χ1v) is 7.39. The third-order valence-corrected chi connectivity index (χ3v) is 3.64. The maximum absolute atomic E-state index is 12.1. The van der Waals surface area contributed by atoms with E-state index in [0.717, 1.165) is 19.3 Å². The standard InChI is InChI=1S/C14H26N2O4/c1-3-4-5-6-15-14(19)11(2)16-7-8-20-10-12(16)9-13(17)18/h11-12H,3-10H2,1-2H3,(H,15,19)(H,17,18). The van der Waals surface area contributed by atoms with Crippen molar-refractivity contribution in [1.82, 2.24) is 10.2 Å².